The molecular weight excluding hydrogens is 288 g/mol. The van der Waals surface area contributed by atoms with Crippen LogP contribution in [0.15, 0.2) is 23.1 Å². The maximum atomic E-state index is 12.4. The molecule has 6 heteroatoms. The first-order valence-electron chi connectivity index (χ1n) is 7.04. The van der Waals surface area contributed by atoms with E-state index < -0.39 is 21.0 Å². The average molecular weight is 312 g/mol. The molecule has 0 saturated heterocycles. The number of amides is 1. The number of anilines is 1. The topological polar surface area (TPSA) is 89.3 Å². The van der Waals surface area contributed by atoms with Crippen LogP contribution in [0.4, 0.5) is 5.69 Å². The molecular formula is C15H24N2O3S. The summed E-state index contributed by atoms with van der Waals surface area (Å²) in [5.74, 6) is -0.0120. The number of benzene rings is 1. The number of rotatable bonds is 6. The second kappa shape index (κ2) is 6.93. The Kier molecular flexibility index (Phi) is 5.78. The van der Waals surface area contributed by atoms with Gasteiger partial charge in [0.05, 0.1) is 4.90 Å². The van der Waals surface area contributed by atoms with Crippen molar-refractivity contribution in [3.05, 3.63) is 23.8 Å². The van der Waals surface area contributed by atoms with Crippen LogP contribution in [0.2, 0.25) is 0 Å². The molecule has 0 heterocycles. The van der Waals surface area contributed by atoms with Crippen LogP contribution >= 0.6 is 0 Å². The highest BCUT2D eigenvalue weighted by Crippen LogP contribution is 2.21. The molecule has 1 aromatic rings. The summed E-state index contributed by atoms with van der Waals surface area (Å²) in [5, 5.41) is 1.55. The molecule has 3 N–H and O–H groups in total. The second-order valence-electron chi connectivity index (χ2n) is 5.68. The average Bonchev–Trinajstić information content (AvgIpc) is 2.40. The summed E-state index contributed by atoms with van der Waals surface area (Å²) in [6.45, 7) is 7.72. The Hall–Kier alpha value is -1.56. The third-order valence-corrected chi connectivity index (χ3v) is 5.48. The van der Waals surface area contributed by atoms with Crippen molar-refractivity contribution < 1.29 is 13.2 Å². The first-order valence-corrected chi connectivity index (χ1v) is 8.58. The molecule has 0 aliphatic carbocycles. The summed E-state index contributed by atoms with van der Waals surface area (Å²) < 4.78 is 24.9. The van der Waals surface area contributed by atoms with Gasteiger partial charge in [-0.1, -0.05) is 13.8 Å². The Morgan fingerprint density at radius 3 is 2.43 bits per heavy atom. The van der Waals surface area contributed by atoms with E-state index >= 15 is 0 Å². The van der Waals surface area contributed by atoms with Gasteiger partial charge >= 0.3 is 0 Å². The van der Waals surface area contributed by atoms with Crippen LogP contribution in [0.3, 0.4) is 0 Å². The van der Waals surface area contributed by atoms with Crippen LogP contribution in [0, 0.1) is 12.8 Å². The van der Waals surface area contributed by atoms with Crippen LogP contribution in [0.1, 0.15) is 32.8 Å². The van der Waals surface area contributed by atoms with Gasteiger partial charge in [-0.15, -0.1) is 0 Å². The highest BCUT2D eigenvalue weighted by atomic mass is 32.2. The van der Waals surface area contributed by atoms with Gasteiger partial charge in [-0.2, -0.15) is 0 Å². The molecule has 0 radical (unpaired) electrons. The van der Waals surface area contributed by atoms with Crippen molar-refractivity contribution in [2.45, 2.75) is 44.3 Å². The monoisotopic (exact) mass is 312 g/mol. The largest absolute Gasteiger partial charge is 0.399 e. The van der Waals surface area contributed by atoms with Crippen LogP contribution in [-0.4, -0.2) is 26.1 Å². The summed E-state index contributed by atoms with van der Waals surface area (Å²) in [5.41, 5.74) is 6.90. The lowest BCUT2D eigenvalue weighted by atomic mass is 10.1. The SMILES string of the molecule is Cc1cc(S(=O)(=O)C(C)C(=O)NCCC(C)C)ccc1N. The molecule has 0 aliphatic rings. The van der Waals surface area contributed by atoms with Gasteiger partial charge in [-0.3, -0.25) is 4.79 Å². The van der Waals surface area contributed by atoms with Crippen LogP contribution in [0.5, 0.6) is 0 Å². The molecule has 0 saturated carbocycles. The van der Waals surface area contributed by atoms with Gasteiger partial charge in [0, 0.05) is 12.2 Å². The van der Waals surface area contributed by atoms with Gasteiger partial charge in [0.1, 0.15) is 5.25 Å². The third kappa shape index (κ3) is 4.46. The highest BCUT2D eigenvalue weighted by molar-refractivity contribution is 7.92. The van der Waals surface area contributed by atoms with E-state index in [0.29, 0.717) is 23.7 Å². The van der Waals surface area contributed by atoms with Gasteiger partial charge in [-0.25, -0.2) is 8.42 Å². The minimum Gasteiger partial charge on any atom is -0.399 e. The van der Waals surface area contributed by atoms with Gasteiger partial charge in [0.2, 0.25) is 5.91 Å². The van der Waals surface area contributed by atoms with E-state index in [0.717, 1.165) is 6.42 Å². The Bertz CT molecular complexity index is 609. The first-order chi connectivity index (χ1) is 9.66. The molecule has 118 valence electrons. The number of sulfone groups is 1. The number of aryl methyl sites for hydroxylation is 1. The normalized spacial score (nSPS) is 13.2. The minimum absolute atomic E-state index is 0.126. The van der Waals surface area contributed by atoms with E-state index in [1.807, 2.05) is 13.8 Å². The van der Waals surface area contributed by atoms with E-state index in [-0.39, 0.29) is 4.90 Å². The summed E-state index contributed by atoms with van der Waals surface area (Å²) in [6.07, 6.45) is 0.819. The molecule has 1 atom stereocenters. The van der Waals surface area contributed by atoms with E-state index in [1.165, 1.54) is 19.1 Å². The molecule has 0 spiro atoms. The van der Waals surface area contributed by atoms with Crippen molar-refractivity contribution in [2.24, 2.45) is 5.92 Å². The maximum Gasteiger partial charge on any atom is 0.238 e. The van der Waals surface area contributed by atoms with E-state index in [9.17, 15) is 13.2 Å². The fraction of sp³-hybridized carbons (Fsp3) is 0.533. The molecule has 0 bridgehead atoms. The van der Waals surface area contributed by atoms with Crippen molar-refractivity contribution in [2.75, 3.05) is 12.3 Å². The first kappa shape index (κ1) is 17.5. The zero-order valence-electron chi connectivity index (χ0n) is 13.0. The summed E-state index contributed by atoms with van der Waals surface area (Å²) in [4.78, 5) is 12.1. The van der Waals surface area contributed by atoms with Gasteiger partial charge in [0.15, 0.2) is 9.84 Å². The van der Waals surface area contributed by atoms with Crippen molar-refractivity contribution in [3.8, 4) is 0 Å². The van der Waals surface area contributed by atoms with Crippen LogP contribution in [0.25, 0.3) is 0 Å². The van der Waals surface area contributed by atoms with Crippen molar-refractivity contribution in [3.63, 3.8) is 0 Å². The quantitative estimate of drug-likeness (QED) is 0.785. The van der Waals surface area contributed by atoms with Crippen LogP contribution < -0.4 is 11.1 Å². The number of carbonyl (C=O) groups is 1. The summed E-state index contributed by atoms with van der Waals surface area (Å²) in [6, 6.07) is 4.49. The fourth-order valence-electron chi connectivity index (χ4n) is 1.80. The number of carbonyl (C=O) groups excluding carboxylic acids is 1. The lowest BCUT2D eigenvalue weighted by Crippen LogP contribution is -2.38. The summed E-state index contributed by atoms with van der Waals surface area (Å²) in [7, 11) is -3.70. The fourth-order valence-corrected chi connectivity index (χ4v) is 3.17. The lowest BCUT2D eigenvalue weighted by molar-refractivity contribution is -0.120. The van der Waals surface area contributed by atoms with Gasteiger partial charge in [-0.05, 0) is 49.9 Å². The maximum absolute atomic E-state index is 12.4. The zero-order valence-corrected chi connectivity index (χ0v) is 13.8. The smallest absolute Gasteiger partial charge is 0.238 e. The number of hydrogen-bond donors (Lipinski definition) is 2. The second-order valence-corrected chi connectivity index (χ2v) is 7.95. The molecule has 1 aromatic carbocycles. The number of nitrogens with two attached hydrogens (primary N) is 1. The molecule has 1 unspecified atom stereocenters. The molecule has 5 nitrogen and oxygen atoms in total. The standard InChI is InChI=1S/C15H24N2O3S/c1-10(2)7-8-17-15(18)12(4)21(19,20)13-5-6-14(16)11(3)9-13/h5-6,9-10,12H,7-8,16H2,1-4H3,(H,17,18). The van der Waals surface area contributed by atoms with Gasteiger partial charge in [0.25, 0.3) is 0 Å². The van der Waals surface area contributed by atoms with Crippen molar-refractivity contribution >= 4 is 21.4 Å². The molecule has 1 amide bonds. The third-order valence-electron chi connectivity index (χ3n) is 3.43. The molecule has 21 heavy (non-hydrogen) atoms. The lowest BCUT2D eigenvalue weighted by Gasteiger charge is -2.15. The Morgan fingerprint density at radius 2 is 1.90 bits per heavy atom. The van der Waals surface area contributed by atoms with Crippen molar-refractivity contribution in [1.82, 2.24) is 5.32 Å². The predicted molar refractivity (Wildman–Crippen MR) is 84.7 cm³/mol. The van der Waals surface area contributed by atoms with E-state index in [2.05, 4.69) is 5.32 Å². The predicted octanol–water partition coefficient (Wildman–Crippen LogP) is 1.90. The van der Waals surface area contributed by atoms with E-state index in [4.69, 9.17) is 5.73 Å². The number of nitrogens with one attached hydrogen (secondary N) is 1. The Labute approximate surface area is 126 Å². The molecule has 0 fully saturated rings. The minimum atomic E-state index is -3.70. The molecule has 0 aliphatic heterocycles. The highest BCUT2D eigenvalue weighted by Gasteiger charge is 2.29. The molecule has 1 rings (SSSR count). The number of hydrogen-bond acceptors (Lipinski definition) is 4. The van der Waals surface area contributed by atoms with Crippen LogP contribution in [-0.2, 0) is 14.6 Å². The van der Waals surface area contributed by atoms with E-state index in [1.54, 1.807) is 13.0 Å². The summed E-state index contributed by atoms with van der Waals surface area (Å²) >= 11 is 0. The Balaban J connectivity index is 2.86. The zero-order chi connectivity index (χ0) is 16.2. The van der Waals surface area contributed by atoms with Gasteiger partial charge < -0.3 is 11.1 Å². The number of nitrogen functional groups attached to an aromatic ring is 1. The molecule has 0 aromatic heterocycles. The van der Waals surface area contributed by atoms with Crippen molar-refractivity contribution in [1.29, 1.82) is 0 Å². The Morgan fingerprint density at radius 1 is 1.29 bits per heavy atom.